The van der Waals surface area contributed by atoms with Crippen LogP contribution in [0.2, 0.25) is 0 Å². The third kappa shape index (κ3) is 1.71. The largest absolute Gasteiger partial charge is 0.321 e. The average Bonchev–Trinajstić information content (AvgIpc) is 2.59. The summed E-state index contributed by atoms with van der Waals surface area (Å²) in [6, 6.07) is 0.919. The summed E-state index contributed by atoms with van der Waals surface area (Å²) in [5.41, 5.74) is 0. The second-order valence-corrected chi connectivity index (χ2v) is 5.94. The summed E-state index contributed by atoms with van der Waals surface area (Å²) in [6.07, 6.45) is 5.88. The highest BCUT2D eigenvalue weighted by molar-refractivity contribution is 4.74. The Balaban J connectivity index is 2.15. The van der Waals surface area contributed by atoms with Gasteiger partial charge < -0.3 is 4.48 Å². The lowest BCUT2D eigenvalue weighted by molar-refractivity contribution is -0.941. The van der Waals surface area contributed by atoms with Gasteiger partial charge in [-0.2, -0.15) is 0 Å². The van der Waals surface area contributed by atoms with Crippen LogP contribution < -0.4 is 0 Å². The molecule has 3 atom stereocenters. The molecule has 0 amide bonds. The molecule has 2 heterocycles. The molecule has 0 aromatic carbocycles. The zero-order valence-electron chi connectivity index (χ0n) is 10.1. The molecule has 0 aromatic rings. The van der Waals surface area contributed by atoms with Gasteiger partial charge in [-0.1, -0.05) is 13.8 Å². The number of rotatable bonds is 0. The molecule has 14 heavy (non-hydrogen) atoms. The smallest absolute Gasteiger partial charge is 0.0887 e. The van der Waals surface area contributed by atoms with E-state index >= 15 is 0 Å². The van der Waals surface area contributed by atoms with E-state index < -0.39 is 0 Å². The molecular weight excluding hydrogens is 170 g/mol. The third-order valence-corrected chi connectivity index (χ3v) is 4.99. The summed E-state index contributed by atoms with van der Waals surface area (Å²) in [4.78, 5) is 0. The molecule has 1 nitrogen and oxygen atoms in total. The fraction of sp³-hybridized carbons (Fsp3) is 1.00. The molecule has 3 unspecified atom stereocenters. The lowest BCUT2D eigenvalue weighted by atomic mass is 9.92. The van der Waals surface area contributed by atoms with Gasteiger partial charge in [0, 0.05) is 18.8 Å². The van der Waals surface area contributed by atoms with E-state index in [2.05, 4.69) is 20.8 Å². The molecule has 0 saturated carbocycles. The van der Waals surface area contributed by atoms with E-state index in [1.807, 2.05) is 0 Å². The first kappa shape index (κ1) is 10.5. The van der Waals surface area contributed by atoms with Crippen LogP contribution in [0, 0.1) is 11.8 Å². The normalized spacial score (nSPS) is 42.6. The monoisotopic (exact) mass is 196 g/mol. The van der Waals surface area contributed by atoms with Crippen molar-refractivity contribution >= 4 is 0 Å². The maximum Gasteiger partial charge on any atom is 0.0887 e. The molecule has 0 bridgehead atoms. The second kappa shape index (κ2) is 3.84. The molecule has 1 heteroatoms. The predicted molar refractivity (Wildman–Crippen MR) is 61.1 cm³/mol. The lowest BCUT2D eigenvalue weighted by Crippen LogP contribution is -2.53. The van der Waals surface area contributed by atoms with Crippen LogP contribution in [0.3, 0.4) is 0 Å². The van der Waals surface area contributed by atoms with E-state index in [0.717, 1.165) is 17.9 Å². The van der Waals surface area contributed by atoms with Crippen LogP contribution in [0.5, 0.6) is 0 Å². The minimum absolute atomic E-state index is 0.919. The van der Waals surface area contributed by atoms with Crippen LogP contribution >= 0.6 is 0 Å². The molecule has 2 fully saturated rings. The Morgan fingerprint density at radius 3 is 2.21 bits per heavy atom. The lowest BCUT2D eigenvalue weighted by Gasteiger charge is -2.41. The molecule has 0 aromatic heterocycles. The minimum atomic E-state index is 0.919. The zero-order chi connectivity index (χ0) is 10.2. The molecule has 2 rings (SSSR count). The van der Waals surface area contributed by atoms with Gasteiger partial charge >= 0.3 is 0 Å². The zero-order valence-corrected chi connectivity index (χ0v) is 10.1. The van der Waals surface area contributed by atoms with Crippen LogP contribution in [-0.4, -0.2) is 30.2 Å². The van der Waals surface area contributed by atoms with Gasteiger partial charge in [0.15, 0.2) is 0 Å². The Kier molecular flexibility index (Phi) is 2.88. The van der Waals surface area contributed by atoms with Crippen LogP contribution in [-0.2, 0) is 0 Å². The van der Waals surface area contributed by atoms with Gasteiger partial charge in [-0.15, -0.1) is 0 Å². The molecule has 82 valence electrons. The third-order valence-electron chi connectivity index (χ3n) is 4.99. The van der Waals surface area contributed by atoms with E-state index in [0.29, 0.717) is 0 Å². The Morgan fingerprint density at radius 1 is 0.929 bits per heavy atom. The van der Waals surface area contributed by atoms with Crippen molar-refractivity contribution in [3.05, 3.63) is 0 Å². The average molecular weight is 196 g/mol. The van der Waals surface area contributed by atoms with Crippen LogP contribution in [0.15, 0.2) is 0 Å². The van der Waals surface area contributed by atoms with E-state index in [9.17, 15) is 0 Å². The molecule has 2 saturated heterocycles. The van der Waals surface area contributed by atoms with Crippen molar-refractivity contribution in [3.63, 3.8) is 0 Å². The Labute approximate surface area is 89.1 Å². The summed E-state index contributed by atoms with van der Waals surface area (Å²) >= 11 is 0. The van der Waals surface area contributed by atoms with Gasteiger partial charge in [-0.05, 0) is 25.7 Å². The summed E-state index contributed by atoms with van der Waals surface area (Å²) in [5, 5.41) is 0. The van der Waals surface area contributed by atoms with E-state index in [1.165, 1.54) is 49.8 Å². The van der Waals surface area contributed by atoms with Crippen LogP contribution in [0.4, 0.5) is 0 Å². The Bertz CT molecular complexity index is 193. The summed E-state index contributed by atoms with van der Waals surface area (Å²) in [7, 11) is 0. The maximum atomic E-state index is 2.51. The van der Waals surface area contributed by atoms with Crippen molar-refractivity contribution in [1.82, 2.24) is 0 Å². The highest BCUT2D eigenvalue weighted by Crippen LogP contribution is 2.35. The molecule has 1 spiro atoms. The highest BCUT2D eigenvalue weighted by Gasteiger charge is 2.42. The predicted octanol–water partition coefficient (Wildman–Crippen LogP) is 3.05. The summed E-state index contributed by atoms with van der Waals surface area (Å²) in [6.45, 7) is 11.8. The first-order valence-corrected chi connectivity index (χ1v) is 6.50. The van der Waals surface area contributed by atoms with Gasteiger partial charge in [0.1, 0.15) is 0 Å². The highest BCUT2D eigenvalue weighted by atomic mass is 15.4. The topological polar surface area (TPSA) is 0 Å². The first-order chi connectivity index (χ1) is 6.64. The fourth-order valence-electron chi connectivity index (χ4n) is 3.77. The number of hydrogen-bond donors (Lipinski definition) is 0. The van der Waals surface area contributed by atoms with E-state index in [-0.39, 0.29) is 0 Å². The standard InChI is InChI=1S/C13H26N/c1-11-6-9-14(7-4-5-8-14)13(3)12(2)10-11/h11-13H,4-10H2,1-3H3/q+1. The molecule has 0 aliphatic carbocycles. The van der Waals surface area contributed by atoms with Crippen LogP contribution in [0.1, 0.15) is 46.5 Å². The maximum absolute atomic E-state index is 2.51. The molecule has 0 N–H and O–H groups in total. The Hall–Kier alpha value is -0.0400. The van der Waals surface area contributed by atoms with Crippen molar-refractivity contribution in [2.24, 2.45) is 11.8 Å². The summed E-state index contributed by atoms with van der Waals surface area (Å²) < 4.78 is 1.46. The van der Waals surface area contributed by atoms with E-state index in [1.54, 1.807) is 0 Å². The quantitative estimate of drug-likeness (QED) is 0.522. The molecular formula is C13H26N+. The van der Waals surface area contributed by atoms with Crippen molar-refractivity contribution in [1.29, 1.82) is 0 Å². The molecule has 2 aliphatic rings. The van der Waals surface area contributed by atoms with Gasteiger partial charge in [0.2, 0.25) is 0 Å². The van der Waals surface area contributed by atoms with Crippen molar-refractivity contribution < 1.29 is 4.48 Å². The SMILES string of the molecule is CC1CC[N+]2(CCCC2)C(C)C(C)C1. The minimum Gasteiger partial charge on any atom is -0.321 e. The number of nitrogens with zero attached hydrogens (tertiary/aromatic N) is 1. The van der Waals surface area contributed by atoms with Crippen molar-refractivity contribution in [2.75, 3.05) is 19.6 Å². The van der Waals surface area contributed by atoms with Gasteiger partial charge in [0.05, 0.1) is 25.7 Å². The first-order valence-electron chi connectivity index (χ1n) is 6.50. The van der Waals surface area contributed by atoms with Gasteiger partial charge in [-0.25, -0.2) is 0 Å². The van der Waals surface area contributed by atoms with Crippen LogP contribution in [0.25, 0.3) is 0 Å². The fourth-order valence-corrected chi connectivity index (χ4v) is 3.77. The van der Waals surface area contributed by atoms with Crippen molar-refractivity contribution in [2.45, 2.75) is 52.5 Å². The van der Waals surface area contributed by atoms with Gasteiger partial charge in [0.25, 0.3) is 0 Å². The molecule has 2 aliphatic heterocycles. The second-order valence-electron chi connectivity index (χ2n) is 5.94. The number of quaternary nitrogens is 1. The van der Waals surface area contributed by atoms with Crippen molar-refractivity contribution in [3.8, 4) is 0 Å². The van der Waals surface area contributed by atoms with Gasteiger partial charge in [-0.3, -0.25) is 0 Å². The number of hydrogen-bond acceptors (Lipinski definition) is 0. The van der Waals surface area contributed by atoms with E-state index in [4.69, 9.17) is 0 Å². The summed E-state index contributed by atoms with van der Waals surface area (Å²) in [5.74, 6) is 1.90. The Morgan fingerprint density at radius 2 is 1.57 bits per heavy atom. The molecule has 0 radical (unpaired) electrons.